The molecule has 1 aromatic rings. The first-order chi connectivity index (χ1) is 12.3. The van der Waals surface area contributed by atoms with Crippen molar-refractivity contribution in [3.8, 4) is 0 Å². The van der Waals surface area contributed by atoms with Crippen LogP contribution in [0.15, 0.2) is 23.1 Å². The summed E-state index contributed by atoms with van der Waals surface area (Å²) < 4.78 is 27.5. The van der Waals surface area contributed by atoms with Gasteiger partial charge in [-0.2, -0.15) is 0 Å². The molecule has 142 valence electrons. The third kappa shape index (κ3) is 4.07. The molecule has 1 heterocycles. The van der Waals surface area contributed by atoms with E-state index in [1.54, 1.807) is 20.0 Å². The Kier molecular flexibility index (Phi) is 5.34. The van der Waals surface area contributed by atoms with Crippen molar-refractivity contribution in [2.24, 2.45) is 0 Å². The molecule has 2 N–H and O–H groups in total. The van der Waals surface area contributed by atoms with Crippen molar-refractivity contribution in [1.82, 2.24) is 14.9 Å². The van der Waals surface area contributed by atoms with Gasteiger partial charge in [-0.3, -0.25) is 9.59 Å². The van der Waals surface area contributed by atoms with Crippen molar-refractivity contribution in [3.05, 3.63) is 29.3 Å². The molecule has 7 nitrogen and oxygen atoms in total. The van der Waals surface area contributed by atoms with E-state index in [2.05, 4.69) is 10.0 Å². The smallest absolute Gasteiger partial charge is 0.254 e. The Hall–Kier alpha value is -1.93. The second-order valence-electron chi connectivity index (χ2n) is 7.09. The van der Waals surface area contributed by atoms with Crippen molar-refractivity contribution in [1.29, 1.82) is 0 Å². The Morgan fingerprint density at radius 1 is 1.23 bits per heavy atom. The Labute approximate surface area is 154 Å². The van der Waals surface area contributed by atoms with Crippen molar-refractivity contribution in [3.63, 3.8) is 0 Å². The van der Waals surface area contributed by atoms with Crippen LogP contribution < -0.4 is 10.0 Å². The van der Waals surface area contributed by atoms with E-state index in [0.29, 0.717) is 24.1 Å². The molecule has 0 bridgehead atoms. The average Bonchev–Trinajstić information content (AvgIpc) is 3.41. The van der Waals surface area contributed by atoms with Gasteiger partial charge in [0.05, 0.1) is 4.90 Å². The molecule has 0 aromatic heterocycles. The minimum absolute atomic E-state index is 0.00203. The van der Waals surface area contributed by atoms with Crippen LogP contribution in [-0.2, 0) is 14.8 Å². The summed E-state index contributed by atoms with van der Waals surface area (Å²) in [4.78, 5) is 26.7. The van der Waals surface area contributed by atoms with Crippen molar-refractivity contribution < 1.29 is 18.0 Å². The first kappa shape index (κ1) is 18.8. The largest absolute Gasteiger partial charge is 0.354 e. The zero-order valence-electron chi connectivity index (χ0n) is 15.1. The summed E-state index contributed by atoms with van der Waals surface area (Å²) in [6, 6.07) is 4.02. The van der Waals surface area contributed by atoms with Gasteiger partial charge in [0.15, 0.2) is 0 Å². The van der Waals surface area contributed by atoms with Gasteiger partial charge in [0.2, 0.25) is 15.9 Å². The lowest BCUT2D eigenvalue weighted by Crippen LogP contribution is -2.46. The predicted octanol–water partition coefficient (Wildman–Crippen LogP) is 1.18. The molecule has 2 amide bonds. The van der Waals surface area contributed by atoms with Crippen molar-refractivity contribution in [2.45, 2.75) is 56.0 Å². The first-order valence-electron chi connectivity index (χ1n) is 8.97. The summed E-state index contributed by atoms with van der Waals surface area (Å²) in [6.45, 7) is 2.38. The highest BCUT2D eigenvalue weighted by molar-refractivity contribution is 7.89. The van der Waals surface area contributed by atoms with Crippen LogP contribution in [0.25, 0.3) is 0 Å². The first-order valence-corrected chi connectivity index (χ1v) is 10.5. The molecule has 0 spiro atoms. The van der Waals surface area contributed by atoms with Gasteiger partial charge < -0.3 is 10.2 Å². The molecule has 1 aliphatic heterocycles. The van der Waals surface area contributed by atoms with Gasteiger partial charge in [-0.15, -0.1) is 0 Å². The lowest BCUT2D eigenvalue weighted by Gasteiger charge is -2.26. The molecular weight excluding hydrogens is 354 g/mol. The normalized spacial score (nSPS) is 21.0. The number of nitrogens with zero attached hydrogens (tertiary/aromatic N) is 1. The van der Waals surface area contributed by atoms with E-state index in [9.17, 15) is 18.0 Å². The highest BCUT2D eigenvalue weighted by Gasteiger charge is 2.31. The Balaban J connectivity index is 1.86. The van der Waals surface area contributed by atoms with E-state index in [4.69, 9.17) is 0 Å². The number of carbonyl (C=O) groups is 2. The Morgan fingerprint density at radius 2 is 1.96 bits per heavy atom. The number of benzene rings is 1. The number of sulfonamides is 1. The zero-order chi connectivity index (χ0) is 18.9. The standard InChI is InChI=1S/C18H25N3O4S/c1-12-6-9-14(26(24,25)20-13-7-8-13)11-15(12)18(23)21(2)16-5-3-4-10-19-17(16)22/h6,9,11,13,16,20H,3-5,7-8,10H2,1-2H3,(H,19,22)/t16-/m0/s1. The third-order valence-corrected chi connectivity index (χ3v) is 6.46. The second kappa shape index (κ2) is 7.36. The maximum atomic E-state index is 13.0. The summed E-state index contributed by atoms with van der Waals surface area (Å²) in [6.07, 6.45) is 4.05. The average molecular weight is 379 g/mol. The van der Waals surface area contributed by atoms with Gasteiger partial charge in [-0.25, -0.2) is 13.1 Å². The molecule has 8 heteroatoms. The van der Waals surface area contributed by atoms with Gasteiger partial charge in [0.25, 0.3) is 5.91 Å². The summed E-state index contributed by atoms with van der Waals surface area (Å²) in [5, 5.41) is 2.82. The number of hydrogen-bond acceptors (Lipinski definition) is 4. The highest BCUT2D eigenvalue weighted by Crippen LogP contribution is 2.24. The fraction of sp³-hybridized carbons (Fsp3) is 0.556. The van der Waals surface area contributed by atoms with E-state index < -0.39 is 16.1 Å². The topological polar surface area (TPSA) is 95.6 Å². The number of carbonyl (C=O) groups excluding carboxylic acids is 2. The SMILES string of the molecule is Cc1ccc(S(=O)(=O)NC2CC2)cc1C(=O)N(C)[C@H]1CCCCNC1=O. The number of likely N-dealkylation sites (N-methyl/N-ethyl adjacent to an activating group) is 1. The molecule has 26 heavy (non-hydrogen) atoms. The third-order valence-electron chi connectivity index (χ3n) is 4.94. The molecular formula is C18H25N3O4S. The summed E-state index contributed by atoms with van der Waals surface area (Å²) in [7, 11) is -2.04. The van der Waals surface area contributed by atoms with Gasteiger partial charge in [0.1, 0.15) is 6.04 Å². The molecule has 1 saturated carbocycles. The maximum absolute atomic E-state index is 13.0. The van der Waals surface area contributed by atoms with E-state index in [0.717, 1.165) is 25.7 Å². The molecule has 3 rings (SSSR count). The van der Waals surface area contributed by atoms with Gasteiger partial charge in [-0.1, -0.05) is 6.07 Å². The van der Waals surface area contributed by atoms with E-state index in [1.165, 1.54) is 17.0 Å². The highest BCUT2D eigenvalue weighted by atomic mass is 32.2. The lowest BCUT2D eigenvalue weighted by atomic mass is 10.0. The quantitative estimate of drug-likeness (QED) is 0.803. The fourth-order valence-corrected chi connectivity index (χ4v) is 4.44. The van der Waals surface area contributed by atoms with Gasteiger partial charge in [0, 0.05) is 25.2 Å². The van der Waals surface area contributed by atoms with Crippen molar-refractivity contribution in [2.75, 3.05) is 13.6 Å². The summed E-state index contributed by atoms with van der Waals surface area (Å²) >= 11 is 0. The van der Waals surface area contributed by atoms with Crippen LogP contribution in [-0.4, -0.2) is 50.8 Å². The van der Waals surface area contributed by atoms with Crippen LogP contribution >= 0.6 is 0 Å². The Bertz CT molecular complexity index is 818. The molecule has 1 atom stereocenters. The summed E-state index contributed by atoms with van der Waals surface area (Å²) in [5.74, 6) is -0.497. The second-order valence-corrected chi connectivity index (χ2v) is 8.80. The maximum Gasteiger partial charge on any atom is 0.254 e. The van der Waals surface area contributed by atoms with E-state index in [1.807, 2.05) is 0 Å². The minimum Gasteiger partial charge on any atom is -0.354 e. The van der Waals surface area contributed by atoms with E-state index in [-0.39, 0.29) is 22.8 Å². The molecule has 1 aromatic carbocycles. The van der Waals surface area contributed by atoms with Gasteiger partial charge >= 0.3 is 0 Å². The van der Waals surface area contributed by atoms with Crippen LogP contribution in [0.1, 0.15) is 48.0 Å². The van der Waals surface area contributed by atoms with Crippen LogP contribution in [0, 0.1) is 6.92 Å². The molecule has 2 aliphatic rings. The molecule has 1 saturated heterocycles. The van der Waals surface area contributed by atoms with Crippen molar-refractivity contribution >= 4 is 21.8 Å². The number of aryl methyl sites for hydroxylation is 1. The van der Waals surface area contributed by atoms with Gasteiger partial charge in [-0.05, 0) is 56.7 Å². The van der Waals surface area contributed by atoms with Crippen LogP contribution in [0.2, 0.25) is 0 Å². The molecule has 0 unspecified atom stereocenters. The monoisotopic (exact) mass is 379 g/mol. The number of rotatable bonds is 5. The predicted molar refractivity (Wildman–Crippen MR) is 97.3 cm³/mol. The summed E-state index contributed by atoms with van der Waals surface area (Å²) in [5.41, 5.74) is 0.990. The fourth-order valence-electron chi connectivity index (χ4n) is 3.11. The number of hydrogen-bond donors (Lipinski definition) is 2. The van der Waals surface area contributed by atoms with Crippen LogP contribution in [0.3, 0.4) is 0 Å². The minimum atomic E-state index is -3.64. The molecule has 0 radical (unpaired) electrons. The zero-order valence-corrected chi connectivity index (χ0v) is 15.9. The van der Waals surface area contributed by atoms with Crippen LogP contribution in [0.4, 0.5) is 0 Å². The Morgan fingerprint density at radius 3 is 2.65 bits per heavy atom. The molecule has 1 aliphatic carbocycles. The van der Waals surface area contributed by atoms with E-state index >= 15 is 0 Å². The number of nitrogens with one attached hydrogen (secondary N) is 2. The number of amides is 2. The lowest BCUT2D eigenvalue weighted by molar-refractivity contribution is -0.125. The van der Waals surface area contributed by atoms with Crippen LogP contribution in [0.5, 0.6) is 0 Å². The molecule has 2 fully saturated rings.